The fourth-order valence-electron chi connectivity index (χ4n) is 3.60. The van der Waals surface area contributed by atoms with Crippen LogP contribution in [0, 0.1) is 12.8 Å². The van der Waals surface area contributed by atoms with Crippen LogP contribution in [0.25, 0.3) is 10.3 Å². The van der Waals surface area contributed by atoms with E-state index >= 15 is 0 Å². The highest BCUT2D eigenvalue weighted by Gasteiger charge is 2.23. The van der Waals surface area contributed by atoms with Crippen molar-refractivity contribution < 1.29 is 14.3 Å². The number of hydrogen-bond acceptors (Lipinski definition) is 7. The van der Waals surface area contributed by atoms with Crippen LogP contribution in [0.5, 0.6) is 16.7 Å². The molecule has 0 saturated carbocycles. The van der Waals surface area contributed by atoms with Crippen LogP contribution >= 0.6 is 11.3 Å². The molecule has 1 aliphatic heterocycles. The molecule has 3 aromatic rings. The first kappa shape index (κ1) is 20.6. The van der Waals surface area contributed by atoms with Crippen LogP contribution in [-0.4, -0.2) is 54.1 Å². The van der Waals surface area contributed by atoms with Crippen molar-refractivity contribution in [3.8, 4) is 16.7 Å². The average molecular weight is 427 g/mol. The van der Waals surface area contributed by atoms with Crippen LogP contribution < -0.4 is 14.8 Å². The molecule has 0 spiro atoms. The molecule has 1 amide bonds. The summed E-state index contributed by atoms with van der Waals surface area (Å²) in [4.78, 5) is 22.8. The van der Waals surface area contributed by atoms with Gasteiger partial charge in [-0.1, -0.05) is 11.3 Å². The molecule has 1 saturated heterocycles. The minimum atomic E-state index is 0.148. The summed E-state index contributed by atoms with van der Waals surface area (Å²) in [5.41, 5.74) is 1.86. The number of fused-ring (bicyclic) bond motifs is 1. The number of thiazole rings is 1. The van der Waals surface area contributed by atoms with Gasteiger partial charge in [0.1, 0.15) is 18.1 Å². The van der Waals surface area contributed by atoms with E-state index in [2.05, 4.69) is 20.2 Å². The molecule has 4 rings (SSSR count). The van der Waals surface area contributed by atoms with E-state index in [9.17, 15) is 4.79 Å². The molecule has 8 heteroatoms. The quantitative estimate of drug-likeness (QED) is 0.622. The number of pyridine rings is 1. The van der Waals surface area contributed by atoms with Crippen LogP contribution in [0.2, 0.25) is 0 Å². The number of likely N-dealkylation sites (tertiary alicyclic amines) is 1. The first-order chi connectivity index (χ1) is 14.6. The molecule has 0 atom stereocenters. The van der Waals surface area contributed by atoms with Gasteiger partial charge in [0.05, 0.1) is 4.70 Å². The molecule has 1 aromatic carbocycles. The van der Waals surface area contributed by atoms with Gasteiger partial charge < -0.3 is 14.8 Å². The number of nitrogens with zero attached hydrogens (tertiary/aromatic N) is 3. The van der Waals surface area contributed by atoms with Gasteiger partial charge in [0.2, 0.25) is 5.91 Å². The van der Waals surface area contributed by atoms with Gasteiger partial charge in [0, 0.05) is 25.7 Å². The summed E-state index contributed by atoms with van der Waals surface area (Å²) in [7, 11) is 1.70. The van der Waals surface area contributed by atoms with Gasteiger partial charge in [0.25, 0.3) is 5.19 Å². The Labute approximate surface area is 180 Å². The highest BCUT2D eigenvalue weighted by atomic mass is 32.1. The van der Waals surface area contributed by atoms with E-state index in [1.54, 1.807) is 13.2 Å². The summed E-state index contributed by atoms with van der Waals surface area (Å²) < 4.78 is 12.8. The lowest BCUT2D eigenvalue weighted by atomic mass is 9.96. The third kappa shape index (κ3) is 4.88. The lowest BCUT2D eigenvalue weighted by Gasteiger charge is -2.30. The summed E-state index contributed by atoms with van der Waals surface area (Å²) >= 11 is 1.50. The van der Waals surface area contributed by atoms with E-state index in [1.807, 2.05) is 37.3 Å². The molecule has 7 nitrogen and oxygen atoms in total. The zero-order valence-corrected chi connectivity index (χ0v) is 18.1. The minimum absolute atomic E-state index is 0.148. The number of piperidine rings is 1. The number of benzene rings is 1. The summed E-state index contributed by atoms with van der Waals surface area (Å²) in [6.07, 6.45) is 3.58. The second-order valence-electron chi connectivity index (χ2n) is 7.41. The van der Waals surface area contributed by atoms with E-state index in [4.69, 9.17) is 9.47 Å². The smallest absolute Gasteiger partial charge is 0.281 e. The summed E-state index contributed by atoms with van der Waals surface area (Å²) in [5, 5.41) is 3.33. The van der Waals surface area contributed by atoms with Crippen molar-refractivity contribution in [2.24, 2.45) is 5.92 Å². The molecule has 3 heterocycles. The van der Waals surface area contributed by atoms with Crippen LogP contribution in [0.4, 0.5) is 0 Å². The molecule has 30 heavy (non-hydrogen) atoms. The Morgan fingerprint density at radius 2 is 1.93 bits per heavy atom. The van der Waals surface area contributed by atoms with Crippen LogP contribution in [0.3, 0.4) is 0 Å². The molecular formula is C22H26N4O3S. The SMILES string of the molecule is CNC(=O)C1CCN(CCOc2ccc(Oc3nc4nccc(C)c4s3)cc2)CC1. The Bertz CT molecular complexity index is 997. The fraction of sp³-hybridized carbons (Fsp3) is 0.409. The molecule has 1 aliphatic rings. The number of carbonyl (C=O) groups excluding carboxylic acids is 1. The zero-order chi connectivity index (χ0) is 20.9. The Kier molecular flexibility index (Phi) is 6.44. The molecule has 2 aromatic heterocycles. The van der Waals surface area contributed by atoms with Gasteiger partial charge in [-0.15, -0.1) is 0 Å². The van der Waals surface area contributed by atoms with E-state index in [0.717, 1.165) is 54.2 Å². The standard InChI is InChI=1S/C22H26N4O3S/c1-15-7-10-24-20-19(15)30-22(25-20)29-18-5-3-17(4-6-18)28-14-13-26-11-8-16(9-12-26)21(27)23-2/h3-7,10,16H,8-9,11-14H2,1-2H3,(H,23,27). The highest BCUT2D eigenvalue weighted by molar-refractivity contribution is 7.20. The maximum absolute atomic E-state index is 11.7. The van der Waals surface area contributed by atoms with Gasteiger partial charge in [0.15, 0.2) is 5.65 Å². The topological polar surface area (TPSA) is 76.6 Å². The van der Waals surface area contributed by atoms with Crippen LogP contribution in [0.15, 0.2) is 36.5 Å². The Morgan fingerprint density at radius 3 is 2.63 bits per heavy atom. The van der Waals surface area contributed by atoms with Gasteiger partial charge in [-0.3, -0.25) is 9.69 Å². The lowest BCUT2D eigenvalue weighted by Crippen LogP contribution is -2.41. The van der Waals surface area contributed by atoms with E-state index in [1.165, 1.54) is 11.3 Å². The van der Waals surface area contributed by atoms with E-state index in [0.29, 0.717) is 17.4 Å². The van der Waals surface area contributed by atoms with Crippen molar-refractivity contribution in [3.63, 3.8) is 0 Å². The number of nitrogens with one attached hydrogen (secondary N) is 1. The Hall–Kier alpha value is -2.71. The van der Waals surface area contributed by atoms with Crippen molar-refractivity contribution in [3.05, 3.63) is 42.1 Å². The number of aryl methyl sites for hydroxylation is 1. The number of ether oxygens (including phenoxy) is 2. The number of rotatable bonds is 7. The van der Waals surface area contributed by atoms with Gasteiger partial charge in [-0.2, -0.15) is 4.98 Å². The predicted octanol–water partition coefficient (Wildman–Crippen LogP) is 3.63. The molecule has 0 aliphatic carbocycles. The second kappa shape index (κ2) is 9.40. The molecule has 1 fully saturated rings. The fourth-order valence-corrected chi connectivity index (χ4v) is 4.46. The van der Waals surface area contributed by atoms with Crippen molar-refractivity contribution in [2.45, 2.75) is 19.8 Å². The van der Waals surface area contributed by atoms with Crippen LogP contribution in [0.1, 0.15) is 18.4 Å². The maximum atomic E-state index is 11.7. The first-order valence-electron chi connectivity index (χ1n) is 10.2. The highest BCUT2D eigenvalue weighted by Crippen LogP contribution is 2.32. The Balaban J connectivity index is 1.24. The van der Waals surface area contributed by atoms with E-state index in [-0.39, 0.29) is 11.8 Å². The summed E-state index contributed by atoms with van der Waals surface area (Å²) in [6, 6.07) is 9.56. The minimum Gasteiger partial charge on any atom is -0.492 e. The molecule has 0 bridgehead atoms. The van der Waals surface area contributed by atoms with E-state index < -0.39 is 0 Å². The summed E-state index contributed by atoms with van der Waals surface area (Å²) in [5.74, 6) is 1.83. The maximum Gasteiger partial charge on any atom is 0.281 e. The monoisotopic (exact) mass is 426 g/mol. The molecule has 1 N–H and O–H groups in total. The van der Waals surface area contributed by atoms with Crippen LogP contribution in [-0.2, 0) is 4.79 Å². The second-order valence-corrected chi connectivity index (χ2v) is 8.37. The molecule has 0 unspecified atom stereocenters. The van der Waals surface area contributed by atoms with Crippen molar-refractivity contribution in [1.82, 2.24) is 20.2 Å². The number of amides is 1. The van der Waals surface area contributed by atoms with Gasteiger partial charge in [-0.25, -0.2) is 4.98 Å². The normalized spacial score (nSPS) is 15.3. The molecule has 0 radical (unpaired) electrons. The zero-order valence-electron chi connectivity index (χ0n) is 17.3. The van der Waals surface area contributed by atoms with Gasteiger partial charge in [-0.05, 0) is 68.8 Å². The third-order valence-corrected chi connectivity index (χ3v) is 6.44. The average Bonchev–Trinajstić information content (AvgIpc) is 3.19. The number of carbonyl (C=O) groups is 1. The molecule has 158 valence electrons. The largest absolute Gasteiger partial charge is 0.492 e. The van der Waals surface area contributed by atoms with Crippen molar-refractivity contribution in [2.75, 3.05) is 33.3 Å². The first-order valence-corrected chi connectivity index (χ1v) is 11.0. The predicted molar refractivity (Wildman–Crippen MR) is 117 cm³/mol. The van der Waals surface area contributed by atoms with Crippen molar-refractivity contribution in [1.29, 1.82) is 0 Å². The van der Waals surface area contributed by atoms with Gasteiger partial charge >= 0.3 is 0 Å². The lowest BCUT2D eigenvalue weighted by molar-refractivity contribution is -0.125. The number of hydrogen-bond donors (Lipinski definition) is 1. The summed E-state index contributed by atoms with van der Waals surface area (Å²) in [6.45, 7) is 5.39. The Morgan fingerprint density at radius 1 is 1.20 bits per heavy atom. The third-order valence-electron chi connectivity index (χ3n) is 5.38. The number of aromatic nitrogens is 2. The van der Waals surface area contributed by atoms with Crippen molar-refractivity contribution >= 4 is 27.6 Å². The molecular weight excluding hydrogens is 400 g/mol.